The van der Waals surface area contributed by atoms with E-state index < -0.39 is 0 Å². The molecule has 2 heterocycles. The molecule has 23 heavy (non-hydrogen) atoms. The van der Waals surface area contributed by atoms with E-state index in [1.165, 1.54) is 19.3 Å². The van der Waals surface area contributed by atoms with Crippen molar-refractivity contribution in [1.82, 2.24) is 9.47 Å². The van der Waals surface area contributed by atoms with E-state index in [0.717, 1.165) is 34.5 Å². The van der Waals surface area contributed by atoms with Crippen LogP contribution in [0.3, 0.4) is 0 Å². The van der Waals surface area contributed by atoms with Gasteiger partial charge in [0.2, 0.25) is 0 Å². The molecule has 1 aliphatic heterocycles. The highest BCUT2D eigenvalue weighted by Crippen LogP contribution is 2.29. The van der Waals surface area contributed by atoms with E-state index in [4.69, 9.17) is 4.74 Å². The summed E-state index contributed by atoms with van der Waals surface area (Å²) in [4.78, 5) is 15.3. The fourth-order valence-electron chi connectivity index (χ4n) is 3.69. The topological polar surface area (TPSA) is 34.5 Å². The molecule has 1 saturated heterocycles. The lowest BCUT2D eigenvalue weighted by Gasteiger charge is -2.32. The molecule has 1 fully saturated rings. The molecule has 0 aliphatic carbocycles. The molecular formula is C19H26N2O2. The van der Waals surface area contributed by atoms with Crippen molar-refractivity contribution in [2.24, 2.45) is 7.05 Å². The van der Waals surface area contributed by atoms with Crippen LogP contribution in [0.4, 0.5) is 0 Å². The number of hydrogen-bond donors (Lipinski definition) is 0. The number of hydrogen-bond acceptors (Lipinski definition) is 3. The van der Waals surface area contributed by atoms with Crippen molar-refractivity contribution in [1.29, 1.82) is 0 Å². The predicted molar refractivity (Wildman–Crippen MR) is 93.4 cm³/mol. The van der Waals surface area contributed by atoms with Crippen LogP contribution in [0, 0.1) is 6.92 Å². The number of rotatable bonds is 4. The van der Waals surface area contributed by atoms with Gasteiger partial charge in [-0.25, -0.2) is 0 Å². The molecule has 1 aliphatic rings. The maximum Gasteiger partial charge on any atom is 0.179 e. The first-order valence-electron chi connectivity index (χ1n) is 8.43. The Morgan fingerprint density at radius 2 is 2.13 bits per heavy atom. The number of fused-ring (bicyclic) bond motifs is 1. The minimum Gasteiger partial charge on any atom is -0.497 e. The number of aryl methyl sites for hydroxylation is 1. The molecule has 0 unspecified atom stereocenters. The molecule has 2 aromatic rings. The maximum atomic E-state index is 13.0. The van der Waals surface area contributed by atoms with Crippen molar-refractivity contribution in [3.63, 3.8) is 0 Å². The Bertz CT molecular complexity index is 733. The Balaban J connectivity index is 1.97. The highest BCUT2D eigenvalue weighted by atomic mass is 16.5. The summed E-state index contributed by atoms with van der Waals surface area (Å²) in [6, 6.07) is 6.46. The highest BCUT2D eigenvalue weighted by Gasteiger charge is 2.24. The van der Waals surface area contributed by atoms with E-state index >= 15 is 0 Å². The van der Waals surface area contributed by atoms with Gasteiger partial charge in [0.15, 0.2) is 5.78 Å². The molecule has 1 aromatic carbocycles. The van der Waals surface area contributed by atoms with Gasteiger partial charge in [-0.15, -0.1) is 0 Å². The first-order valence-corrected chi connectivity index (χ1v) is 8.43. The third-order valence-corrected chi connectivity index (χ3v) is 5.27. The Morgan fingerprint density at radius 1 is 1.35 bits per heavy atom. The average Bonchev–Trinajstić information content (AvgIpc) is 2.80. The molecule has 0 spiro atoms. The third-order valence-electron chi connectivity index (χ3n) is 5.27. The van der Waals surface area contributed by atoms with Gasteiger partial charge in [-0.05, 0) is 51.4 Å². The van der Waals surface area contributed by atoms with Gasteiger partial charge < -0.3 is 9.30 Å². The molecular weight excluding hydrogens is 288 g/mol. The van der Waals surface area contributed by atoms with Crippen LogP contribution in [0.2, 0.25) is 0 Å². The predicted octanol–water partition coefficient (Wildman–Crippen LogP) is 3.55. The fraction of sp³-hybridized carbons (Fsp3) is 0.526. The van der Waals surface area contributed by atoms with Gasteiger partial charge >= 0.3 is 0 Å². The standard InChI is InChI=1S/C19H26N2O2/c1-13-7-5-6-10-21(13)12-18(22)19-14(2)20(3)17-9-8-15(23-4)11-16(17)19/h8-9,11,13H,5-7,10,12H2,1-4H3/t13-/m1/s1. The van der Waals surface area contributed by atoms with Crippen LogP contribution in [0.15, 0.2) is 18.2 Å². The van der Waals surface area contributed by atoms with Gasteiger partial charge in [-0.1, -0.05) is 6.42 Å². The fourth-order valence-corrected chi connectivity index (χ4v) is 3.69. The zero-order valence-corrected chi connectivity index (χ0v) is 14.6. The summed E-state index contributed by atoms with van der Waals surface area (Å²) < 4.78 is 7.44. The van der Waals surface area contributed by atoms with Gasteiger partial charge in [0.1, 0.15) is 5.75 Å². The quantitative estimate of drug-likeness (QED) is 0.809. The molecule has 1 aromatic heterocycles. The van der Waals surface area contributed by atoms with Crippen molar-refractivity contribution in [3.8, 4) is 5.75 Å². The Labute approximate surface area is 138 Å². The SMILES string of the molecule is COc1ccc2c(c1)c(C(=O)CN1CCCC[C@H]1C)c(C)n2C. The van der Waals surface area contributed by atoms with Gasteiger partial charge in [-0.2, -0.15) is 0 Å². The van der Waals surface area contributed by atoms with Crippen LogP contribution in [0.25, 0.3) is 10.9 Å². The van der Waals surface area contributed by atoms with Crippen LogP contribution >= 0.6 is 0 Å². The van der Waals surface area contributed by atoms with Crippen molar-refractivity contribution in [2.75, 3.05) is 20.2 Å². The Hall–Kier alpha value is -1.81. The van der Waals surface area contributed by atoms with Gasteiger partial charge in [0.05, 0.1) is 13.7 Å². The van der Waals surface area contributed by atoms with Crippen LogP contribution in [0.5, 0.6) is 5.75 Å². The molecule has 4 heteroatoms. The van der Waals surface area contributed by atoms with Crippen molar-refractivity contribution in [2.45, 2.75) is 39.2 Å². The second-order valence-electron chi connectivity index (χ2n) is 6.64. The molecule has 0 radical (unpaired) electrons. The van der Waals surface area contributed by atoms with E-state index in [0.29, 0.717) is 12.6 Å². The molecule has 0 bridgehead atoms. The summed E-state index contributed by atoms with van der Waals surface area (Å²) >= 11 is 0. The lowest BCUT2D eigenvalue weighted by Crippen LogP contribution is -2.40. The number of carbonyl (C=O) groups excluding carboxylic acids is 1. The number of carbonyl (C=O) groups is 1. The van der Waals surface area contributed by atoms with E-state index in [9.17, 15) is 4.79 Å². The van der Waals surface area contributed by atoms with E-state index in [2.05, 4.69) is 16.4 Å². The van der Waals surface area contributed by atoms with E-state index in [-0.39, 0.29) is 5.78 Å². The van der Waals surface area contributed by atoms with Crippen LogP contribution < -0.4 is 4.74 Å². The highest BCUT2D eigenvalue weighted by molar-refractivity contribution is 6.10. The molecule has 0 N–H and O–H groups in total. The number of Topliss-reactive ketones (excluding diaryl/α,β-unsaturated/α-hetero) is 1. The summed E-state index contributed by atoms with van der Waals surface area (Å²) in [7, 11) is 3.68. The first-order chi connectivity index (χ1) is 11.0. The number of methoxy groups -OCH3 is 1. The number of aromatic nitrogens is 1. The second-order valence-corrected chi connectivity index (χ2v) is 6.64. The molecule has 0 saturated carbocycles. The number of piperidine rings is 1. The zero-order valence-electron chi connectivity index (χ0n) is 14.6. The van der Waals surface area contributed by atoms with E-state index in [1.54, 1.807) is 7.11 Å². The normalized spacial score (nSPS) is 19.2. The first kappa shape index (κ1) is 16.1. The zero-order chi connectivity index (χ0) is 16.6. The lowest BCUT2D eigenvalue weighted by atomic mass is 10.0. The number of ether oxygens (including phenoxy) is 1. The minimum atomic E-state index is 0.218. The largest absolute Gasteiger partial charge is 0.497 e. The molecule has 1 atom stereocenters. The van der Waals surface area contributed by atoms with E-state index in [1.807, 2.05) is 32.2 Å². The summed E-state index contributed by atoms with van der Waals surface area (Å²) in [6.07, 6.45) is 3.66. The summed E-state index contributed by atoms with van der Waals surface area (Å²) in [6.45, 7) is 5.79. The molecule has 4 nitrogen and oxygen atoms in total. The smallest absolute Gasteiger partial charge is 0.179 e. The maximum absolute atomic E-state index is 13.0. The Kier molecular flexibility index (Phi) is 4.44. The Morgan fingerprint density at radius 3 is 2.83 bits per heavy atom. The minimum absolute atomic E-state index is 0.218. The third kappa shape index (κ3) is 2.88. The average molecular weight is 314 g/mol. The number of likely N-dealkylation sites (tertiary alicyclic amines) is 1. The number of benzene rings is 1. The molecule has 124 valence electrons. The molecule has 0 amide bonds. The lowest BCUT2D eigenvalue weighted by molar-refractivity contribution is 0.0861. The number of ketones is 1. The summed E-state index contributed by atoms with van der Waals surface area (Å²) in [5.41, 5.74) is 2.96. The summed E-state index contributed by atoms with van der Waals surface area (Å²) in [5.74, 6) is 1.01. The van der Waals surface area contributed by atoms with Crippen LogP contribution in [0.1, 0.15) is 42.2 Å². The second kappa shape index (κ2) is 6.36. The summed E-state index contributed by atoms with van der Waals surface area (Å²) in [5, 5.41) is 0.999. The van der Waals surface area contributed by atoms with Crippen molar-refractivity contribution in [3.05, 3.63) is 29.5 Å². The molecule has 3 rings (SSSR count). The van der Waals surface area contributed by atoms with Gasteiger partial charge in [0.25, 0.3) is 0 Å². The van der Waals surface area contributed by atoms with Crippen LogP contribution in [-0.2, 0) is 7.05 Å². The van der Waals surface area contributed by atoms with Crippen LogP contribution in [-0.4, -0.2) is 41.5 Å². The van der Waals surface area contributed by atoms with Crippen molar-refractivity contribution >= 4 is 16.7 Å². The van der Waals surface area contributed by atoms with Gasteiger partial charge in [-0.3, -0.25) is 9.69 Å². The van der Waals surface area contributed by atoms with Gasteiger partial charge in [0, 0.05) is 35.2 Å². The van der Waals surface area contributed by atoms with Crippen molar-refractivity contribution < 1.29 is 9.53 Å². The number of nitrogens with zero attached hydrogens (tertiary/aromatic N) is 2. The monoisotopic (exact) mass is 314 g/mol.